The maximum Gasteiger partial charge on any atom is 0.303 e. The molecule has 0 heterocycles. The number of hydrogen-bond acceptors (Lipinski definition) is 4. The molecule has 0 radical (unpaired) electrons. The Hall–Kier alpha value is -2.80. The minimum absolute atomic E-state index is 0.0963. The number of aliphatic carboxylic acids is 1. The fourth-order valence-corrected chi connectivity index (χ4v) is 3.11. The van der Waals surface area contributed by atoms with Gasteiger partial charge in [0.1, 0.15) is 0 Å². The van der Waals surface area contributed by atoms with Gasteiger partial charge in [-0.25, -0.2) is 0 Å². The van der Waals surface area contributed by atoms with Gasteiger partial charge in [-0.2, -0.15) is 11.8 Å². The minimum Gasteiger partial charge on any atom is -0.481 e. The first kappa shape index (κ1) is 20.5. The van der Waals surface area contributed by atoms with E-state index in [1.807, 2.05) is 48.5 Å². The fraction of sp³-hybridized carbons (Fsp3) is 0.250. The van der Waals surface area contributed by atoms with Crippen LogP contribution in [-0.2, 0) is 14.4 Å². The summed E-state index contributed by atoms with van der Waals surface area (Å²) in [6.07, 6.45) is 0.616. The van der Waals surface area contributed by atoms with Crippen LogP contribution >= 0.6 is 11.8 Å². The molecule has 0 saturated carbocycles. The molecule has 0 aromatic heterocycles. The second-order valence-electron chi connectivity index (χ2n) is 5.82. The van der Waals surface area contributed by atoms with E-state index in [0.717, 1.165) is 11.1 Å². The number of carboxylic acid groups (broad SMARTS) is 1. The Kier molecular flexibility index (Phi) is 8.38. The predicted octanol–water partition coefficient (Wildman–Crippen LogP) is 3.01. The number of anilines is 1. The van der Waals surface area contributed by atoms with Gasteiger partial charge in [-0.1, -0.05) is 42.5 Å². The first-order valence-electron chi connectivity index (χ1n) is 8.56. The molecular weight excluding hydrogens is 364 g/mol. The fourth-order valence-electron chi connectivity index (χ4n) is 2.33. The van der Waals surface area contributed by atoms with Crippen molar-refractivity contribution in [2.24, 2.45) is 0 Å². The molecule has 2 rings (SSSR count). The number of carbonyl (C=O) groups excluding carboxylic acids is 2. The topological polar surface area (TPSA) is 95.5 Å². The first-order valence-corrected chi connectivity index (χ1v) is 9.71. The molecule has 6 nitrogen and oxygen atoms in total. The Balaban J connectivity index is 1.73. The Labute approximate surface area is 162 Å². The van der Waals surface area contributed by atoms with Crippen LogP contribution in [0, 0.1) is 0 Å². The highest BCUT2D eigenvalue weighted by molar-refractivity contribution is 7.99. The highest BCUT2D eigenvalue weighted by Gasteiger charge is 2.07. The molecule has 0 unspecified atom stereocenters. The third-order valence-corrected chi connectivity index (χ3v) is 4.66. The van der Waals surface area contributed by atoms with Crippen LogP contribution in [0.3, 0.4) is 0 Å². The molecule has 27 heavy (non-hydrogen) atoms. The second kappa shape index (κ2) is 11.0. The van der Waals surface area contributed by atoms with Crippen molar-refractivity contribution in [1.82, 2.24) is 5.32 Å². The predicted molar refractivity (Wildman–Crippen MR) is 108 cm³/mol. The summed E-state index contributed by atoms with van der Waals surface area (Å²) in [6.45, 7) is -0.107. The molecule has 0 aliphatic rings. The van der Waals surface area contributed by atoms with Crippen LogP contribution in [0.2, 0.25) is 0 Å². The summed E-state index contributed by atoms with van der Waals surface area (Å²) in [7, 11) is 0. The first-order chi connectivity index (χ1) is 13.0. The zero-order chi connectivity index (χ0) is 19.5. The van der Waals surface area contributed by atoms with Gasteiger partial charge in [0.15, 0.2) is 0 Å². The minimum atomic E-state index is -0.840. The lowest BCUT2D eigenvalue weighted by atomic mass is 10.1. The van der Waals surface area contributed by atoms with E-state index in [-0.39, 0.29) is 30.5 Å². The zero-order valence-corrected chi connectivity index (χ0v) is 15.6. The summed E-state index contributed by atoms with van der Waals surface area (Å²) in [5, 5.41) is 13.9. The lowest BCUT2D eigenvalue weighted by Gasteiger charge is -2.09. The van der Waals surface area contributed by atoms with E-state index in [1.165, 1.54) is 11.8 Å². The SMILES string of the molecule is O=C(O)CCCSCC(=O)NCC(=O)Nc1cccc(-c2ccccc2)c1. The van der Waals surface area contributed by atoms with Crippen LogP contribution in [0.5, 0.6) is 0 Å². The van der Waals surface area contributed by atoms with Crippen molar-refractivity contribution in [3.63, 3.8) is 0 Å². The van der Waals surface area contributed by atoms with Crippen molar-refractivity contribution >= 4 is 35.2 Å². The van der Waals surface area contributed by atoms with Gasteiger partial charge in [0.25, 0.3) is 0 Å². The Morgan fingerprint density at radius 1 is 0.926 bits per heavy atom. The van der Waals surface area contributed by atoms with E-state index >= 15 is 0 Å². The Morgan fingerprint density at radius 2 is 1.67 bits per heavy atom. The van der Waals surface area contributed by atoms with Gasteiger partial charge < -0.3 is 15.7 Å². The van der Waals surface area contributed by atoms with Gasteiger partial charge in [-0.05, 0) is 35.4 Å². The number of benzene rings is 2. The number of carboxylic acids is 1. The van der Waals surface area contributed by atoms with Crippen LogP contribution < -0.4 is 10.6 Å². The zero-order valence-electron chi connectivity index (χ0n) is 14.8. The smallest absolute Gasteiger partial charge is 0.303 e. The van der Waals surface area contributed by atoms with Gasteiger partial charge in [0.2, 0.25) is 11.8 Å². The normalized spacial score (nSPS) is 10.2. The van der Waals surface area contributed by atoms with Crippen LogP contribution in [-0.4, -0.2) is 40.9 Å². The van der Waals surface area contributed by atoms with E-state index < -0.39 is 5.97 Å². The summed E-state index contributed by atoms with van der Waals surface area (Å²) >= 11 is 1.35. The quantitative estimate of drug-likeness (QED) is 0.546. The van der Waals surface area contributed by atoms with Crippen LogP contribution in [0.25, 0.3) is 11.1 Å². The van der Waals surface area contributed by atoms with Gasteiger partial charge in [-0.15, -0.1) is 0 Å². The van der Waals surface area contributed by atoms with E-state index in [0.29, 0.717) is 17.9 Å². The molecule has 0 atom stereocenters. The van der Waals surface area contributed by atoms with Crippen molar-refractivity contribution in [1.29, 1.82) is 0 Å². The van der Waals surface area contributed by atoms with E-state index in [1.54, 1.807) is 6.07 Å². The highest BCUT2D eigenvalue weighted by Crippen LogP contribution is 2.22. The number of carbonyl (C=O) groups is 3. The average Bonchev–Trinajstić information content (AvgIpc) is 2.67. The second-order valence-corrected chi connectivity index (χ2v) is 6.93. The lowest BCUT2D eigenvalue weighted by Crippen LogP contribution is -2.33. The van der Waals surface area contributed by atoms with Crippen molar-refractivity contribution < 1.29 is 19.5 Å². The third-order valence-electron chi connectivity index (χ3n) is 3.61. The molecule has 142 valence electrons. The van der Waals surface area contributed by atoms with Crippen LogP contribution in [0.15, 0.2) is 54.6 Å². The van der Waals surface area contributed by atoms with Crippen molar-refractivity contribution in [3.8, 4) is 11.1 Å². The average molecular weight is 386 g/mol. The summed E-state index contributed by atoms with van der Waals surface area (Å²) in [4.78, 5) is 34.1. The Bertz CT molecular complexity index is 781. The van der Waals surface area contributed by atoms with E-state index in [4.69, 9.17) is 5.11 Å². The molecule has 2 aromatic rings. The number of nitrogens with one attached hydrogen (secondary N) is 2. The maximum absolute atomic E-state index is 12.0. The molecule has 0 spiro atoms. The van der Waals surface area contributed by atoms with Crippen molar-refractivity contribution in [2.75, 3.05) is 23.4 Å². The monoisotopic (exact) mass is 386 g/mol. The molecule has 0 bridgehead atoms. The standard InChI is InChI=1S/C20H22N2O4S/c23-18(13-21-19(24)14-27-11-5-10-20(25)26)22-17-9-4-8-16(12-17)15-6-2-1-3-7-15/h1-4,6-9,12H,5,10-11,13-14H2,(H,21,24)(H,22,23)(H,25,26). The molecular formula is C20H22N2O4S. The van der Waals surface area contributed by atoms with Gasteiger partial charge in [-0.3, -0.25) is 14.4 Å². The number of amides is 2. The molecule has 7 heteroatoms. The largest absolute Gasteiger partial charge is 0.481 e. The van der Waals surface area contributed by atoms with Crippen molar-refractivity contribution in [2.45, 2.75) is 12.8 Å². The molecule has 2 aromatic carbocycles. The number of hydrogen-bond donors (Lipinski definition) is 3. The summed E-state index contributed by atoms with van der Waals surface area (Å²) < 4.78 is 0. The summed E-state index contributed by atoms with van der Waals surface area (Å²) in [6, 6.07) is 17.4. The molecule has 2 amide bonds. The van der Waals surface area contributed by atoms with Gasteiger partial charge >= 0.3 is 5.97 Å². The number of thioether (sulfide) groups is 1. The summed E-state index contributed by atoms with van der Waals surface area (Å²) in [5.74, 6) is -0.588. The highest BCUT2D eigenvalue weighted by atomic mass is 32.2. The Morgan fingerprint density at radius 3 is 2.41 bits per heavy atom. The molecule has 0 saturated heterocycles. The summed E-state index contributed by atoms with van der Waals surface area (Å²) in [5.41, 5.74) is 2.72. The molecule has 0 aliphatic carbocycles. The molecule has 3 N–H and O–H groups in total. The van der Waals surface area contributed by atoms with E-state index in [9.17, 15) is 14.4 Å². The molecule has 0 fully saturated rings. The lowest BCUT2D eigenvalue weighted by molar-refractivity contribution is -0.137. The molecule has 0 aliphatic heterocycles. The van der Waals surface area contributed by atoms with Gasteiger partial charge in [0, 0.05) is 12.1 Å². The van der Waals surface area contributed by atoms with Crippen LogP contribution in [0.4, 0.5) is 5.69 Å². The van der Waals surface area contributed by atoms with Gasteiger partial charge in [0.05, 0.1) is 12.3 Å². The number of rotatable bonds is 10. The van der Waals surface area contributed by atoms with Crippen LogP contribution in [0.1, 0.15) is 12.8 Å². The van der Waals surface area contributed by atoms with Crippen molar-refractivity contribution in [3.05, 3.63) is 54.6 Å². The third kappa shape index (κ3) is 7.96. The maximum atomic E-state index is 12.0. The van der Waals surface area contributed by atoms with E-state index in [2.05, 4.69) is 10.6 Å².